The smallest absolute Gasteiger partial charge is 0.0643 e. The van der Waals surface area contributed by atoms with Crippen LogP contribution in [0.2, 0.25) is 5.02 Å². The molecule has 0 unspecified atom stereocenters. The summed E-state index contributed by atoms with van der Waals surface area (Å²) in [5, 5.41) is 13.5. The molecule has 0 radical (unpaired) electrons. The van der Waals surface area contributed by atoms with Gasteiger partial charge in [0.2, 0.25) is 0 Å². The minimum absolute atomic E-state index is 0.0548. The van der Waals surface area contributed by atoms with Crippen LogP contribution in [0.3, 0.4) is 0 Å². The third-order valence-electron chi connectivity index (χ3n) is 3.13. The first kappa shape index (κ1) is 17.3. The first-order chi connectivity index (χ1) is 9.26. The second-order valence-electron chi connectivity index (χ2n) is 6.36. The van der Waals surface area contributed by atoms with E-state index in [0.29, 0.717) is 6.54 Å². The zero-order valence-corrected chi connectivity index (χ0v) is 14.0. The highest BCUT2D eigenvalue weighted by atomic mass is 35.5. The molecule has 114 valence electrons. The molecule has 0 aliphatic heterocycles. The lowest BCUT2D eigenvalue weighted by Crippen LogP contribution is -2.37. The van der Waals surface area contributed by atoms with Crippen LogP contribution in [-0.2, 0) is 6.54 Å². The quantitative estimate of drug-likeness (QED) is 0.844. The van der Waals surface area contributed by atoms with Gasteiger partial charge in [0, 0.05) is 24.7 Å². The van der Waals surface area contributed by atoms with Gasteiger partial charge in [-0.1, -0.05) is 23.7 Å². The van der Waals surface area contributed by atoms with E-state index in [1.807, 2.05) is 12.1 Å². The molecule has 0 bridgehead atoms. The van der Waals surface area contributed by atoms with Gasteiger partial charge in [-0.05, 0) is 46.2 Å². The van der Waals surface area contributed by atoms with Gasteiger partial charge < -0.3 is 15.3 Å². The van der Waals surface area contributed by atoms with Crippen LogP contribution in [0.25, 0.3) is 0 Å². The molecule has 0 saturated carbocycles. The zero-order valence-electron chi connectivity index (χ0n) is 13.2. The molecule has 0 amide bonds. The largest absolute Gasteiger partial charge is 0.395 e. The summed E-state index contributed by atoms with van der Waals surface area (Å²) in [5.74, 6) is 0. The minimum Gasteiger partial charge on any atom is -0.395 e. The van der Waals surface area contributed by atoms with E-state index in [9.17, 15) is 5.11 Å². The zero-order chi connectivity index (χ0) is 15.3. The Morgan fingerprint density at radius 3 is 2.45 bits per heavy atom. The number of anilines is 1. The molecule has 3 nitrogen and oxygen atoms in total. The summed E-state index contributed by atoms with van der Waals surface area (Å²) in [6.07, 6.45) is 0. The molecule has 0 fully saturated rings. The monoisotopic (exact) mass is 298 g/mol. The van der Waals surface area contributed by atoms with E-state index in [-0.39, 0.29) is 18.2 Å². The summed E-state index contributed by atoms with van der Waals surface area (Å²) in [7, 11) is 0. The first-order valence-corrected chi connectivity index (χ1v) is 7.54. The topological polar surface area (TPSA) is 35.5 Å². The average Bonchev–Trinajstić information content (AvgIpc) is 2.33. The molecule has 0 atom stereocenters. The number of nitrogens with one attached hydrogen (secondary N) is 1. The van der Waals surface area contributed by atoms with E-state index >= 15 is 0 Å². The number of nitrogens with zero attached hydrogens (tertiary/aromatic N) is 1. The Labute approximate surface area is 127 Å². The Bertz CT molecular complexity index is 427. The number of hydrogen-bond acceptors (Lipinski definition) is 3. The highest BCUT2D eigenvalue weighted by Crippen LogP contribution is 2.31. The Morgan fingerprint density at radius 2 is 1.95 bits per heavy atom. The molecular formula is C16H27ClN2O. The number of para-hydroxylation sites is 1. The fraction of sp³-hybridized carbons (Fsp3) is 0.625. The Balaban J connectivity index is 3.09. The van der Waals surface area contributed by atoms with E-state index in [1.165, 1.54) is 0 Å². The molecule has 0 aliphatic rings. The summed E-state index contributed by atoms with van der Waals surface area (Å²) in [5.41, 5.74) is 2.24. The summed E-state index contributed by atoms with van der Waals surface area (Å²) in [6, 6.07) is 6.26. The Morgan fingerprint density at radius 1 is 1.30 bits per heavy atom. The third-order valence-corrected chi connectivity index (χ3v) is 3.44. The highest BCUT2D eigenvalue weighted by molar-refractivity contribution is 6.33. The molecular weight excluding hydrogens is 272 g/mol. The van der Waals surface area contributed by atoms with Gasteiger partial charge in [-0.2, -0.15) is 0 Å². The molecule has 1 aromatic rings. The maximum atomic E-state index is 9.29. The van der Waals surface area contributed by atoms with Crippen molar-refractivity contribution in [3.8, 4) is 0 Å². The van der Waals surface area contributed by atoms with Gasteiger partial charge in [0.05, 0.1) is 17.3 Å². The van der Waals surface area contributed by atoms with E-state index in [1.54, 1.807) is 0 Å². The summed E-state index contributed by atoms with van der Waals surface area (Å²) < 4.78 is 0. The maximum absolute atomic E-state index is 9.29. The van der Waals surface area contributed by atoms with Crippen LogP contribution in [0.15, 0.2) is 18.2 Å². The predicted octanol–water partition coefficient (Wildman–Crippen LogP) is 3.44. The van der Waals surface area contributed by atoms with Crippen molar-refractivity contribution >= 4 is 17.3 Å². The van der Waals surface area contributed by atoms with Gasteiger partial charge >= 0.3 is 0 Å². The highest BCUT2D eigenvalue weighted by Gasteiger charge is 2.18. The standard InChI is InChI=1S/C16H27ClN2O/c1-12(2)19(9-10-20)15-13(7-6-8-14(15)17)11-18-16(3,4)5/h6-8,12,18,20H,9-11H2,1-5H3. The van der Waals surface area contributed by atoms with Crippen LogP contribution < -0.4 is 10.2 Å². The summed E-state index contributed by atoms with van der Waals surface area (Å²) >= 11 is 6.40. The Hall–Kier alpha value is -0.770. The number of benzene rings is 1. The van der Waals surface area contributed by atoms with Gasteiger partial charge in [-0.3, -0.25) is 0 Å². The molecule has 0 aromatic heterocycles. The number of halogens is 1. The first-order valence-electron chi connectivity index (χ1n) is 7.16. The van der Waals surface area contributed by atoms with Crippen molar-refractivity contribution in [2.24, 2.45) is 0 Å². The van der Waals surface area contributed by atoms with Crippen molar-refractivity contribution < 1.29 is 5.11 Å². The van der Waals surface area contributed by atoms with Crippen LogP contribution in [0.4, 0.5) is 5.69 Å². The van der Waals surface area contributed by atoms with E-state index in [4.69, 9.17) is 11.6 Å². The number of aliphatic hydroxyl groups is 1. The van der Waals surface area contributed by atoms with Crippen LogP contribution in [0, 0.1) is 0 Å². The van der Waals surface area contributed by atoms with Crippen molar-refractivity contribution in [2.45, 2.75) is 52.7 Å². The molecule has 2 N–H and O–H groups in total. The van der Waals surface area contributed by atoms with Gasteiger partial charge in [0.1, 0.15) is 0 Å². The minimum atomic E-state index is 0.0548. The number of aliphatic hydroxyl groups excluding tert-OH is 1. The Kier molecular flexibility index (Phi) is 6.31. The molecule has 4 heteroatoms. The number of rotatable bonds is 6. The van der Waals surface area contributed by atoms with Crippen molar-refractivity contribution in [3.05, 3.63) is 28.8 Å². The fourth-order valence-corrected chi connectivity index (χ4v) is 2.42. The lowest BCUT2D eigenvalue weighted by molar-refractivity contribution is 0.299. The SMILES string of the molecule is CC(C)N(CCO)c1c(Cl)cccc1CNC(C)(C)C. The maximum Gasteiger partial charge on any atom is 0.0643 e. The summed E-state index contributed by atoms with van der Waals surface area (Å²) in [6.45, 7) is 12.1. The van der Waals surface area contributed by atoms with E-state index in [2.05, 4.69) is 50.9 Å². The number of hydrogen-bond donors (Lipinski definition) is 2. The van der Waals surface area contributed by atoms with Gasteiger partial charge in [0.15, 0.2) is 0 Å². The molecule has 20 heavy (non-hydrogen) atoms. The second-order valence-corrected chi connectivity index (χ2v) is 6.77. The van der Waals surface area contributed by atoms with Gasteiger partial charge in [-0.15, -0.1) is 0 Å². The molecule has 0 heterocycles. The fourth-order valence-electron chi connectivity index (χ4n) is 2.12. The van der Waals surface area contributed by atoms with Gasteiger partial charge in [-0.25, -0.2) is 0 Å². The van der Waals surface area contributed by atoms with Crippen LogP contribution >= 0.6 is 11.6 Å². The lowest BCUT2D eigenvalue weighted by atomic mass is 10.1. The normalized spacial score (nSPS) is 12.0. The van der Waals surface area contributed by atoms with E-state index < -0.39 is 0 Å². The average molecular weight is 299 g/mol. The van der Waals surface area contributed by atoms with Crippen molar-refractivity contribution in [1.82, 2.24) is 5.32 Å². The van der Waals surface area contributed by atoms with Crippen LogP contribution in [0.1, 0.15) is 40.2 Å². The second kappa shape index (κ2) is 7.30. The lowest BCUT2D eigenvalue weighted by Gasteiger charge is -2.32. The van der Waals surface area contributed by atoms with Crippen molar-refractivity contribution in [3.63, 3.8) is 0 Å². The molecule has 0 aliphatic carbocycles. The van der Waals surface area contributed by atoms with Crippen molar-refractivity contribution in [2.75, 3.05) is 18.1 Å². The summed E-state index contributed by atoms with van der Waals surface area (Å²) in [4.78, 5) is 2.15. The third kappa shape index (κ3) is 4.97. The van der Waals surface area contributed by atoms with Crippen molar-refractivity contribution in [1.29, 1.82) is 0 Å². The molecule has 0 spiro atoms. The molecule has 0 saturated heterocycles. The van der Waals surface area contributed by atoms with Crippen LogP contribution in [0.5, 0.6) is 0 Å². The van der Waals surface area contributed by atoms with Gasteiger partial charge in [0.25, 0.3) is 0 Å². The predicted molar refractivity (Wildman–Crippen MR) is 87.6 cm³/mol. The molecule has 1 aromatic carbocycles. The van der Waals surface area contributed by atoms with Crippen LogP contribution in [-0.4, -0.2) is 29.8 Å². The molecule has 1 rings (SSSR count). The van der Waals surface area contributed by atoms with E-state index in [0.717, 1.165) is 22.8 Å².